The summed E-state index contributed by atoms with van der Waals surface area (Å²) in [5, 5.41) is 16.6. The third-order valence-electron chi connectivity index (χ3n) is 5.31. The molecule has 0 saturated carbocycles. The molecular weight excluding hydrogens is 428 g/mol. The Bertz CT molecular complexity index is 1190. The topological polar surface area (TPSA) is 96.2 Å². The lowest BCUT2D eigenvalue weighted by atomic mass is 9.93. The number of benzene rings is 2. The summed E-state index contributed by atoms with van der Waals surface area (Å²) in [6, 6.07) is 11.7. The summed E-state index contributed by atoms with van der Waals surface area (Å²) < 4.78 is 1.35. The lowest BCUT2D eigenvalue weighted by Crippen LogP contribution is -2.34. The fourth-order valence-electron chi connectivity index (χ4n) is 3.30. The van der Waals surface area contributed by atoms with Crippen molar-refractivity contribution in [1.29, 1.82) is 0 Å². The highest BCUT2D eigenvalue weighted by Crippen LogP contribution is 2.30. The standard InChI is InChI=1S/C24H27ClN4O3/c1-5-15(2)27-22(31)16-10-11-18(25)19(14-16)29-13-12-26-21(23(29)32)28-24(3,4)17-8-6-7-9-20(17)30/h6-15,30H,5H2,1-4H3,(H,26,28)(H,27,31). The molecule has 0 fully saturated rings. The zero-order chi connectivity index (χ0) is 23.5. The summed E-state index contributed by atoms with van der Waals surface area (Å²) in [5.41, 5.74) is 0.186. The van der Waals surface area contributed by atoms with Gasteiger partial charge in [0.15, 0.2) is 5.82 Å². The smallest absolute Gasteiger partial charge is 0.297 e. The SMILES string of the molecule is CCC(C)NC(=O)c1ccc(Cl)c(-n2ccnc(NC(C)(C)c3ccccc3O)c2=O)c1. The maximum atomic E-state index is 13.2. The molecule has 2 aromatic carbocycles. The van der Waals surface area contributed by atoms with Crippen LogP contribution in [0.15, 0.2) is 59.7 Å². The van der Waals surface area contributed by atoms with E-state index in [0.717, 1.165) is 6.42 Å². The Kier molecular flexibility index (Phi) is 6.89. The first-order chi connectivity index (χ1) is 15.1. The molecule has 7 nitrogen and oxygen atoms in total. The van der Waals surface area contributed by atoms with E-state index >= 15 is 0 Å². The van der Waals surface area contributed by atoms with Crippen LogP contribution in [-0.2, 0) is 5.54 Å². The molecule has 1 unspecified atom stereocenters. The number of carbonyl (C=O) groups is 1. The molecule has 168 valence electrons. The van der Waals surface area contributed by atoms with Crippen molar-refractivity contribution in [2.24, 2.45) is 0 Å². The van der Waals surface area contributed by atoms with Gasteiger partial charge in [-0.2, -0.15) is 0 Å². The number of rotatable bonds is 7. The monoisotopic (exact) mass is 454 g/mol. The number of nitrogens with one attached hydrogen (secondary N) is 2. The van der Waals surface area contributed by atoms with Crippen molar-refractivity contribution in [2.45, 2.75) is 45.7 Å². The molecule has 1 heterocycles. The molecule has 0 radical (unpaired) electrons. The van der Waals surface area contributed by atoms with Crippen molar-refractivity contribution in [3.05, 3.63) is 81.4 Å². The van der Waals surface area contributed by atoms with Crippen LogP contribution < -0.4 is 16.2 Å². The van der Waals surface area contributed by atoms with Crippen molar-refractivity contribution in [1.82, 2.24) is 14.9 Å². The highest BCUT2D eigenvalue weighted by atomic mass is 35.5. The molecule has 1 atom stereocenters. The van der Waals surface area contributed by atoms with Crippen molar-refractivity contribution in [2.75, 3.05) is 5.32 Å². The van der Waals surface area contributed by atoms with E-state index in [9.17, 15) is 14.7 Å². The summed E-state index contributed by atoms with van der Waals surface area (Å²) >= 11 is 6.38. The van der Waals surface area contributed by atoms with Gasteiger partial charge in [-0.1, -0.05) is 36.7 Å². The van der Waals surface area contributed by atoms with Crippen LogP contribution in [0.1, 0.15) is 50.0 Å². The zero-order valence-corrected chi connectivity index (χ0v) is 19.3. The fourth-order valence-corrected chi connectivity index (χ4v) is 3.51. The maximum absolute atomic E-state index is 13.2. The number of aromatic nitrogens is 2. The van der Waals surface area contributed by atoms with Crippen molar-refractivity contribution in [3.63, 3.8) is 0 Å². The largest absolute Gasteiger partial charge is 0.508 e. The van der Waals surface area contributed by atoms with E-state index in [1.165, 1.54) is 17.0 Å². The number of aromatic hydroxyl groups is 1. The van der Waals surface area contributed by atoms with Crippen LogP contribution in [0.25, 0.3) is 5.69 Å². The van der Waals surface area contributed by atoms with E-state index in [0.29, 0.717) is 21.8 Å². The predicted octanol–water partition coefficient (Wildman–Crippen LogP) is 4.47. The van der Waals surface area contributed by atoms with Gasteiger partial charge in [-0.15, -0.1) is 0 Å². The maximum Gasteiger partial charge on any atom is 0.297 e. The van der Waals surface area contributed by atoms with E-state index < -0.39 is 11.1 Å². The number of halogens is 1. The molecule has 0 aliphatic carbocycles. The lowest BCUT2D eigenvalue weighted by molar-refractivity contribution is 0.0939. The Labute approximate surface area is 192 Å². The summed E-state index contributed by atoms with van der Waals surface area (Å²) in [5.74, 6) is -0.0333. The molecule has 3 rings (SSSR count). The van der Waals surface area contributed by atoms with Gasteiger partial charge in [-0.3, -0.25) is 14.2 Å². The first kappa shape index (κ1) is 23.3. The molecule has 1 aromatic heterocycles. The number of phenolic OH excluding ortho intramolecular Hbond substituents is 1. The third kappa shape index (κ3) is 4.94. The number of carbonyl (C=O) groups excluding carboxylic acids is 1. The Morgan fingerprint density at radius 1 is 1.25 bits per heavy atom. The Morgan fingerprint density at radius 2 is 1.97 bits per heavy atom. The normalized spacial score (nSPS) is 12.3. The molecule has 0 aliphatic heterocycles. The number of hydrogen-bond acceptors (Lipinski definition) is 5. The van der Waals surface area contributed by atoms with E-state index in [1.807, 2.05) is 33.8 Å². The minimum atomic E-state index is -0.779. The van der Waals surface area contributed by atoms with Gasteiger partial charge in [0.2, 0.25) is 0 Å². The van der Waals surface area contributed by atoms with Crippen LogP contribution >= 0.6 is 11.6 Å². The summed E-state index contributed by atoms with van der Waals surface area (Å²) in [6.07, 6.45) is 3.78. The van der Waals surface area contributed by atoms with Crippen LogP contribution in [0, 0.1) is 0 Å². The second-order valence-corrected chi connectivity index (χ2v) is 8.57. The quantitative estimate of drug-likeness (QED) is 0.489. The first-order valence-corrected chi connectivity index (χ1v) is 10.8. The molecule has 3 aromatic rings. The Hall–Kier alpha value is -3.32. The summed E-state index contributed by atoms with van der Waals surface area (Å²) in [6.45, 7) is 7.59. The average molecular weight is 455 g/mol. The van der Waals surface area contributed by atoms with Crippen molar-refractivity contribution in [3.8, 4) is 11.4 Å². The summed E-state index contributed by atoms with van der Waals surface area (Å²) in [7, 11) is 0. The van der Waals surface area contributed by atoms with Gasteiger partial charge in [0.1, 0.15) is 5.75 Å². The number of hydrogen-bond donors (Lipinski definition) is 3. The molecule has 0 bridgehead atoms. The van der Waals surface area contributed by atoms with Gasteiger partial charge in [0, 0.05) is 29.6 Å². The number of phenols is 1. The molecule has 0 spiro atoms. The fraction of sp³-hybridized carbons (Fsp3) is 0.292. The first-order valence-electron chi connectivity index (χ1n) is 10.4. The van der Waals surface area contributed by atoms with Gasteiger partial charge in [-0.25, -0.2) is 4.98 Å². The number of anilines is 1. The molecule has 0 aliphatic rings. The molecule has 32 heavy (non-hydrogen) atoms. The van der Waals surface area contributed by atoms with E-state index in [4.69, 9.17) is 11.6 Å². The number of amides is 1. The molecule has 8 heteroatoms. The molecular formula is C24H27ClN4O3. The molecule has 1 amide bonds. The van der Waals surface area contributed by atoms with Crippen molar-refractivity contribution < 1.29 is 9.90 Å². The number of nitrogens with zero attached hydrogens (tertiary/aromatic N) is 2. The second kappa shape index (κ2) is 9.44. The zero-order valence-electron chi connectivity index (χ0n) is 18.5. The van der Waals surface area contributed by atoms with Crippen LogP contribution in [-0.4, -0.2) is 26.6 Å². The molecule has 0 saturated heterocycles. The minimum Gasteiger partial charge on any atom is -0.508 e. The van der Waals surface area contributed by atoms with Crippen molar-refractivity contribution >= 4 is 23.3 Å². The van der Waals surface area contributed by atoms with Gasteiger partial charge in [0.25, 0.3) is 11.5 Å². The van der Waals surface area contributed by atoms with E-state index in [-0.39, 0.29) is 23.5 Å². The van der Waals surface area contributed by atoms with Gasteiger partial charge < -0.3 is 15.7 Å². The predicted molar refractivity (Wildman–Crippen MR) is 127 cm³/mol. The van der Waals surface area contributed by atoms with E-state index in [1.54, 1.807) is 36.4 Å². The lowest BCUT2D eigenvalue weighted by Gasteiger charge is -2.28. The van der Waals surface area contributed by atoms with Crippen LogP contribution in [0.3, 0.4) is 0 Å². The van der Waals surface area contributed by atoms with Crippen LogP contribution in [0.5, 0.6) is 5.75 Å². The highest BCUT2D eigenvalue weighted by molar-refractivity contribution is 6.32. The van der Waals surface area contributed by atoms with Crippen LogP contribution in [0.2, 0.25) is 5.02 Å². The Morgan fingerprint density at radius 3 is 2.66 bits per heavy atom. The average Bonchev–Trinajstić information content (AvgIpc) is 2.75. The highest BCUT2D eigenvalue weighted by Gasteiger charge is 2.25. The van der Waals surface area contributed by atoms with Crippen LogP contribution in [0.4, 0.5) is 5.82 Å². The third-order valence-corrected chi connectivity index (χ3v) is 5.63. The van der Waals surface area contributed by atoms with Gasteiger partial charge >= 0.3 is 0 Å². The number of para-hydroxylation sites is 1. The van der Waals surface area contributed by atoms with Gasteiger partial charge in [0.05, 0.1) is 16.2 Å². The second-order valence-electron chi connectivity index (χ2n) is 8.17. The summed E-state index contributed by atoms with van der Waals surface area (Å²) in [4.78, 5) is 30.0. The minimum absolute atomic E-state index is 0.0257. The van der Waals surface area contributed by atoms with E-state index in [2.05, 4.69) is 15.6 Å². The van der Waals surface area contributed by atoms with Gasteiger partial charge in [-0.05, 0) is 51.5 Å². The molecule has 3 N–H and O–H groups in total. The Balaban J connectivity index is 1.99.